The first-order valence-electron chi connectivity index (χ1n) is 6.91. The molecule has 98 valence electrons. The summed E-state index contributed by atoms with van der Waals surface area (Å²) in [6.07, 6.45) is 3.71. The molecule has 0 spiro atoms. The molecule has 0 amide bonds. The molecule has 0 unspecified atom stereocenters. The third-order valence-corrected chi connectivity index (χ3v) is 3.53. The van der Waals surface area contributed by atoms with Gasteiger partial charge in [0.15, 0.2) is 0 Å². The van der Waals surface area contributed by atoms with E-state index >= 15 is 0 Å². The SMILES string of the molecule is CCCCCN(C)c1ccc(C#N)c2ccccc12. The fourth-order valence-corrected chi connectivity index (χ4v) is 2.43. The van der Waals surface area contributed by atoms with E-state index in [4.69, 9.17) is 0 Å². The van der Waals surface area contributed by atoms with E-state index in [1.807, 2.05) is 24.3 Å². The molecule has 2 nitrogen and oxygen atoms in total. The van der Waals surface area contributed by atoms with Crippen molar-refractivity contribution >= 4 is 16.5 Å². The lowest BCUT2D eigenvalue weighted by Crippen LogP contribution is -2.18. The lowest BCUT2D eigenvalue weighted by Gasteiger charge is -2.21. The number of nitrogens with zero attached hydrogens (tertiary/aromatic N) is 2. The van der Waals surface area contributed by atoms with E-state index in [1.165, 1.54) is 30.3 Å². The van der Waals surface area contributed by atoms with Crippen LogP contribution >= 0.6 is 0 Å². The number of benzene rings is 2. The largest absolute Gasteiger partial charge is 0.374 e. The van der Waals surface area contributed by atoms with Crippen LogP contribution in [0.5, 0.6) is 0 Å². The number of hydrogen-bond donors (Lipinski definition) is 0. The van der Waals surface area contributed by atoms with Gasteiger partial charge in [-0.3, -0.25) is 0 Å². The normalized spacial score (nSPS) is 10.4. The zero-order valence-corrected chi connectivity index (χ0v) is 11.7. The van der Waals surface area contributed by atoms with Crippen molar-refractivity contribution in [2.45, 2.75) is 26.2 Å². The van der Waals surface area contributed by atoms with Crippen LogP contribution in [0.3, 0.4) is 0 Å². The van der Waals surface area contributed by atoms with Gasteiger partial charge in [-0.25, -0.2) is 0 Å². The van der Waals surface area contributed by atoms with Crippen molar-refractivity contribution in [3.63, 3.8) is 0 Å². The van der Waals surface area contributed by atoms with E-state index in [0.29, 0.717) is 0 Å². The van der Waals surface area contributed by atoms with Crippen molar-refractivity contribution < 1.29 is 0 Å². The molecule has 0 radical (unpaired) electrons. The van der Waals surface area contributed by atoms with Gasteiger partial charge in [0.05, 0.1) is 11.6 Å². The fraction of sp³-hybridized carbons (Fsp3) is 0.353. The Balaban J connectivity index is 2.36. The first kappa shape index (κ1) is 13.4. The van der Waals surface area contributed by atoms with Crippen LogP contribution in [-0.4, -0.2) is 13.6 Å². The number of nitriles is 1. The van der Waals surface area contributed by atoms with E-state index < -0.39 is 0 Å². The maximum Gasteiger partial charge on any atom is 0.0998 e. The third-order valence-electron chi connectivity index (χ3n) is 3.53. The van der Waals surface area contributed by atoms with Crippen LogP contribution in [0, 0.1) is 11.3 Å². The Morgan fingerprint density at radius 2 is 1.79 bits per heavy atom. The second kappa shape index (κ2) is 6.24. The Morgan fingerprint density at radius 3 is 2.47 bits per heavy atom. The summed E-state index contributed by atoms with van der Waals surface area (Å²) in [4.78, 5) is 2.29. The van der Waals surface area contributed by atoms with Gasteiger partial charge in [0, 0.05) is 30.1 Å². The Bertz CT molecular complexity index is 596. The topological polar surface area (TPSA) is 27.0 Å². The number of hydrogen-bond acceptors (Lipinski definition) is 2. The minimum absolute atomic E-state index is 0.751. The molecule has 0 aliphatic heterocycles. The van der Waals surface area contributed by atoms with Gasteiger partial charge in [-0.2, -0.15) is 5.26 Å². The smallest absolute Gasteiger partial charge is 0.0998 e. The molecule has 0 aliphatic carbocycles. The number of unbranched alkanes of at least 4 members (excludes halogenated alkanes) is 2. The first-order chi connectivity index (χ1) is 9.27. The van der Waals surface area contributed by atoms with Crippen LogP contribution in [-0.2, 0) is 0 Å². The summed E-state index contributed by atoms with van der Waals surface area (Å²) in [7, 11) is 2.13. The fourth-order valence-electron chi connectivity index (χ4n) is 2.43. The maximum atomic E-state index is 9.17. The Morgan fingerprint density at radius 1 is 1.05 bits per heavy atom. The van der Waals surface area contributed by atoms with Gasteiger partial charge in [-0.05, 0) is 18.6 Å². The predicted molar refractivity (Wildman–Crippen MR) is 81.5 cm³/mol. The molecule has 0 saturated heterocycles. The minimum Gasteiger partial charge on any atom is -0.374 e. The Kier molecular flexibility index (Phi) is 4.41. The minimum atomic E-state index is 0.751. The van der Waals surface area contributed by atoms with Gasteiger partial charge >= 0.3 is 0 Å². The van der Waals surface area contributed by atoms with Crippen molar-refractivity contribution in [3.05, 3.63) is 42.0 Å². The van der Waals surface area contributed by atoms with E-state index in [-0.39, 0.29) is 0 Å². The van der Waals surface area contributed by atoms with Crippen LogP contribution in [0.1, 0.15) is 31.7 Å². The van der Waals surface area contributed by atoms with Gasteiger partial charge in [0.1, 0.15) is 0 Å². The molecule has 0 bridgehead atoms. The predicted octanol–water partition coefficient (Wildman–Crippen LogP) is 4.34. The highest BCUT2D eigenvalue weighted by atomic mass is 15.1. The summed E-state index contributed by atoms with van der Waals surface area (Å²) >= 11 is 0. The van der Waals surface area contributed by atoms with Gasteiger partial charge in [0.2, 0.25) is 0 Å². The highest BCUT2D eigenvalue weighted by molar-refractivity contribution is 5.97. The molecule has 19 heavy (non-hydrogen) atoms. The first-order valence-corrected chi connectivity index (χ1v) is 6.91. The summed E-state index contributed by atoms with van der Waals surface area (Å²) in [6, 6.07) is 14.4. The average molecular weight is 252 g/mol. The van der Waals surface area contributed by atoms with Crippen LogP contribution in [0.4, 0.5) is 5.69 Å². The molecule has 0 heterocycles. The van der Waals surface area contributed by atoms with Crippen LogP contribution in [0.25, 0.3) is 10.8 Å². The zero-order chi connectivity index (χ0) is 13.7. The molecule has 0 N–H and O–H groups in total. The lowest BCUT2D eigenvalue weighted by molar-refractivity contribution is 0.706. The number of rotatable bonds is 5. The molecule has 2 rings (SSSR count). The quantitative estimate of drug-likeness (QED) is 0.740. The molecular formula is C17H20N2. The molecule has 0 aliphatic rings. The maximum absolute atomic E-state index is 9.17. The van der Waals surface area contributed by atoms with Crippen LogP contribution < -0.4 is 4.90 Å². The van der Waals surface area contributed by atoms with Crippen molar-refractivity contribution in [3.8, 4) is 6.07 Å². The van der Waals surface area contributed by atoms with Crippen molar-refractivity contribution in [1.29, 1.82) is 5.26 Å². The summed E-state index contributed by atoms with van der Waals surface area (Å²) in [5, 5.41) is 11.4. The summed E-state index contributed by atoms with van der Waals surface area (Å²) in [6.45, 7) is 3.28. The summed E-state index contributed by atoms with van der Waals surface area (Å²) < 4.78 is 0. The molecule has 0 aromatic heterocycles. The molecule has 2 aromatic carbocycles. The Hall–Kier alpha value is -2.01. The van der Waals surface area contributed by atoms with Gasteiger partial charge in [-0.15, -0.1) is 0 Å². The highest BCUT2D eigenvalue weighted by Gasteiger charge is 2.08. The van der Waals surface area contributed by atoms with E-state index in [9.17, 15) is 5.26 Å². The summed E-state index contributed by atoms with van der Waals surface area (Å²) in [5.74, 6) is 0. The highest BCUT2D eigenvalue weighted by Crippen LogP contribution is 2.28. The van der Waals surface area contributed by atoms with E-state index in [2.05, 4.69) is 37.1 Å². The van der Waals surface area contributed by atoms with E-state index in [1.54, 1.807) is 0 Å². The van der Waals surface area contributed by atoms with Crippen LogP contribution in [0.15, 0.2) is 36.4 Å². The molecule has 0 atom stereocenters. The van der Waals surface area contributed by atoms with E-state index in [0.717, 1.165) is 17.5 Å². The van der Waals surface area contributed by atoms with Gasteiger partial charge in [0.25, 0.3) is 0 Å². The third kappa shape index (κ3) is 2.88. The average Bonchev–Trinajstić information content (AvgIpc) is 2.46. The monoisotopic (exact) mass is 252 g/mol. The second-order valence-electron chi connectivity index (χ2n) is 4.92. The Labute approximate surface area is 115 Å². The number of fused-ring (bicyclic) bond motifs is 1. The second-order valence-corrected chi connectivity index (χ2v) is 4.92. The van der Waals surface area contributed by atoms with Crippen molar-refractivity contribution in [1.82, 2.24) is 0 Å². The standard InChI is InChI=1S/C17H20N2/c1-3-4-7-12-19(2)17-11-10-14(13-18)15-8-5-6-9-16(15)17/h5-6,8-11H,3-4,7,12H2,1-2H3. The zero-order valence-electron chi connectivity index (χ0n) is 11.7. The molecule has 0 fully saturated rings. The molecule has 0 saturated carbocycles. The van der Waals surface area contributed by atoms with Crippen molar-refractivity contribution in [2.75, 3.05) is 18.5 Å². The van der Waals surface area contributed by atoms with Gasteiger partial charge < -0.3 is 4.90 Å². The van der Waals surface area contributed by atoms with Crippen molar-refractivity contribution in [2.24, 2.45) is 0 Å². The summed E-state index contributed by atoms with van der Waals surface area (Å²) in [5.41, 5.74) is 1.96. The van der Waals surface area contributed by atoms with Crippen LogP contribution in [0.2, 0.25) is 0 Å². The molecule has 2 aromatic rings. The lowest BCUT2D eigenvalue weighted by atomic mass is 10.0. The molecule has 2 heteroatoms. The van der Waals surface area contributed by atoms with Gasteiger partial charge in [-0.1, -0.05) is 44.0 Å². The molecular weight excluding hydrogens is 232 g/mol. The number of anilines is 1.